The molecule has 0 N–H and O–H groups in total. The second-order valence-corrected chi connectivity index (χ2v) is 2.24. The van der Waals surface area contributed by atoms with Crippen LogP contribution in [-0.4, -0.2) is 18.4 Å². The summed E-state index contributed by atoms with van der Waals surface area (Å²) >= 11 is 0. The number of hydrogen-bond acceptors (Lipinski definition) is 2. The summed E-state index contributed by atoms with van der Waals surface area (Å²) in [7, 11) is 0. The Morgan fingerprint density at radius 2 is 2.44 bits per heavy atom. The SMILES string of the molecule is C1=CC2(C=COC2)N=C1. The summed E-state index contributed by atoms with van der Waals surface area (Å²) in [6, 6.07) is 0. The quantitative estimate of drug-likeness (QED) is 0.466. The second-order valence-electron chi connectivity index (χ2n) is 2.24. The van der Waals surface area contributed by atoms with Crippen LogP contribution in [0.4, 0.5) is 0 Å². The minimum Gasteiger partial charge on any atom is -0.498 e. The average Bonchev–Trinajstić information content (AvgIpc) is 2.45. The molecule has 2 heteroatoms. The number of rotatable bonds is 0. The van der Waals surface area contributed by atoms with Crippen LogP contribution >= 0.6 is 0 Å². The molecule has 2 aliphatic rings. The van der Waals surface area contributed by atoms with Gasteiger partial charge in [-0.15, -0.1) is 0 Å². The lowest BCUT2D eigenvalue weighted by Crippen LogP contribution is -2.19. The maximum Gasteiger partial charge on any atom is 0.134 e. The number of ether oxygens (including phenoxy) is 1. The molecule has 0 fully saturated rings. The van der Waals surface area contributed by atoms with E-state index in [4.69, 9.17) is 4.74 Å². The maximum atomic E-state index is 5.04. The number of nitrogens with zero attached hydrogens (tertiary/aromatic N) is 1. The number of aliphatic imine (C=N–C) groups is 1. The summed E-state index contributed by atoms with van der Waals surface area (Å²) in [6.45, 7) is 0.667. The molecule has 2 rings (SSSR count). The average molecular weight is 121 g/mol. The Kier molecular flexibility index (Phi) is 0.781. The molecular formula is C7H7NO. The molecule has 0 aromatic carbocycles. The second kappa shape index (κ2) is 1.47. The molecule has 0 saturated heterocycles. The van der Waals surface area contributed by atoms with Gasteiger partial charge in [-0.25, -0.2) is 0 Å². The van der Waals surface area contributed by atoms with Crippen molar-refractivity contribution in [2.45, 2.75) is 5.54 Å². The van der Waals surface area contributed by atoms with Crippen molar-refractivity contribution in [1.29, 1.82) is 0 Å². The van der Waals surface area contributed by atoms with Gasteiger partial charge in [-0.05, 0) is 18.2 Å². The van der Waals surface area contributed by atoms with Gasteiger partial charge in [0.15, 0.2) is 0 Å². The van der Waals surface area contributed by atoms with Crippen molar-refractivity contribution in [3.63, 3.8) is 0 Å². The Labute approximate surface area is 53.5 Å². The molecule has 9 heavy (non-hydrogen) atoms. The van der Waals surface area contributed by atoms with Gasteiger partial charge in [-0.1, -0.05) is 0 Å². The van der Waals surface area contributed by atoms with Gasteiger partial charge in [-0.2, -0.15) is 0 Å². The van der Waals surface area contributed by atoms with Gasteiger partial charge >= 0.3 is 0 Å². The molecule has 0 aromatic rings. The van der Waals surface area contributed by atoms with Crippen LogP contribution in [0.3, 0.4) is 0 Å². The summed E-state index contributed by atoms with van der Waals surface area (Å²) in [6.07, 6.45) is 9.45. The Bertz CT molecular complexity index is 191. The summed E-state index contributed by atoms with van der Waals surface area (Å²) in [5.74, 6) is 0. The lowest BCUT2D eigenvalue weighted by molar-refractivity contribution is 0.251. The van der Waals surface area contributed by atoms with E-state index in [-0.39, 0.29) is 5.54 Å². The number of allylic oxidation sites excluding steroid dienone is 1. The van der Waals surface area contributed by atoms with E-state index in [9.17, 15) is 0 Å². The van der Waals surface area contributed by atoms with Crippen molar-refractivity contribution in [2.75, 3.05) is 6.61 Å². The Balaban J connectivity index is 2.34. The van der Waals surface area contributed by atoms with E-state index >= 15 is 0 Å². The molecule has 1 atom stereocenters. The topological polar surface area (TPSA) is 21.6 Å². The standard InChI is InChI=1S/C7H7NO/c1-2-7(8-4-1)3-5-9-6-7/h1-5H,6H2. The lowest BCUT2D eigenvalue weighted by atomic mass is 10.1. The van der Waals surface area contributed by atoms with E-state index < -0.39 is 0 Å². The molecule has 0 aromatic heterocycles. The highest BCUT2D eigenvalue weighted by Crippen LogP contribution is 2.23. The van der Waals surface area contributed by atoms with Crippen LogP contribution in [0, 0.1) is 0 Å². The zero-order valence-corrected chi connectivity index (χ0v) is 4.95. The summed E-state index contributed by atoms with van der Waals surface area (Å²) in [5, 5.41) is 0. The van der Waals surface area contributed by atoms with Crippen LogP contribution in [0.2, 0.25) is 0 Å². The molecular weight excluding hydrogens is 114 g/mol. The lowest BCUT2D eigenvalue weighted by Gasteiger charge is -2.10. The Morgan fingerprint density at radius 1 is 1.44 bits per heavy atom. The van der Waals surface area contributed by atoms with Gasteiger partial charge in [0.2, 0.25) is 0 Å². The third-order valence-corrected chi connectivity index (χ3v) is 1.55. The van der Waals surface area contributed by atoms with Gasteiger partial charge in [0, 0.05) is 6.21 Å². The predicted molar refractivity (Wildman–Crippen MR) is 35.5 cm³/mol. The summed E-state index contributed by atoms with van der Waals surface area (Å²) in [5.41, 5.74) is -0.125. The molecule has 0 radical (unpaired) electrons. The van der Waals surface area contributed by atoms with Crippen LogP contribution in [0.25, 0.3) is 0 Å². The molecule has 0 bridgehead atoms. The van der Waals surface area contributed by atoms with E-state index in [2.05, 4.69) is 4.99 Å². The van der Waals surface area contributed by atoms with Crippen molar-refractivity contribution in [3.8, 4) is 0 Å². The fourth-order valence-corrected chi connectivity index (χ4v) is 1.01. The molecule has 2 heterocycles. The zero-order chi connectivity index (χ0) is 6.16. The fraction of sp³-hybridized carbons (Fsp3) is 0.286. The summed E-state index contributed by atoms with van der Waals surface area (Å²) in [4.78, 5) is 4.22. The molecule has 0 amide bonds. The van der Waals surface area contributed by atoms with E-state index in [0.29, 0.717) is 6.61 Å². The first-order chi connectivity index (χ1) is 4.41. The van der Waals surface area contributed by atoms with E-state index in [0.717, 1.165) is 0 Å². The molecule has 2 aliphatic heterocycles. The number of hydrogen-bond donors (Lipinski definition) is 0. The van der Waals surface area contributed by atoms with Gasteiger partial charge in [0.05, 0.1) is 6.26 Å². The van der Waals surface area contributed by atoms with Crippen molar-refractivity contribution in [3.05, 3.63) is 24.5 Å². The highest BCUT2D eigenvalue weighted by molar-refractivity contribution is 5.76. The monoisotopic (exact) mass is 121 g/mol. The molecule has 0 aliphatic carbocycles. The third kappa shape index (κ3) is 0.593. The van der Waals surface area contributed by atoms with E-state index in [1.165, 1.54) is 0 Å². The predicted octanol–water partition coefficient (Wildman–Crippen LogP) is 0.910. The molecule has 46 valence electrons. The van der Waals surface area contributed by atoms with E-state index in [1.807, 2.05) is 18.2 Å². The third-order valence-electron chi connectivity index (χ3n) is 1.55. The first-order valence-corrected chi connectivity index (χ1v) is 2.94. The Morgan fingerprint density at radius 3 is 3.00 bits per heavy atom. The summed E-state index contributed by atoms with van der Waals surface area (Å²) < 4.78 is 5.04. The van der Waals surface area contributed by atoms with Crippen LogP contribution in [0.1, 0.15) is 0 Å². The first-order valence-electron chi connectivity index (χ1n) is 2.94. The van der Waals surface area contributed by atoms with Crippen molar-refractivity contribution in [2.24, 2.45) is 4.99 Å². The molecule has 2 nitrogen and oxygen atoms in total. The van der Waals surface area contributed by atoms with Crippen LogP contribution in [0.5, 0.6) is 0 Å². The normalized spacial score (nSPS) is 36.4. The maximum absolute atomic E-state index is 5.04. The van der Waals surface area contributed by atoms with Gasteiger partial charge in [-0.3, -0.25) is 4.99 Å². The van der Waals surface area contributed by atoms with E-state index in [1.54, 1.807) is 12.5 Å². The smallest absolute Gasteiger partial charge is 0.134 e. The van der Waals surface area contributed by atoms with Crippen molar-refractivity contribution < 1.29 is 4.74 Å². The highest BCUT2D eigenvalue weighted by atomic mass is 16.5. The van der Waals surface area contributed by atoms with Gasteiger partial charge in [0.1, 0.15) is 12.1 Å². The van der Waals surface area contributed by atoms with Gasteiger partial charge in [0.25, 0.3) is 0 Å². The fourth-order valence-electron chi connectivity index (χ4n) is 1.01. The minimum atomic E-state index is -0.125. The zero-order valence-electron chi connectivity index (χ0n) is 4.95. The Hall–Kier alpha value is -1.05. The largest absolute Gasteiger partial charge is 0.498 e. The molecule has 1 spiro atoms. The van der Waals surface area contributed by atoms with Gasteiger partial charge < -0.3 is 4.74 Å². The van der Waals surface area contributed by atoms with Crippen LogP contribution < -0.4 is 0 Å². The minimum absolute atomic E-state index is 0.125. The molecule has 0 saturated carbocycles. The van der Waals surface area contributed by atoms with Crippen molar-refractivity contribution >= 4 is 6.21 Å². The highest BCUT2D eigenvalue weighted by Gasteiger charge is 2.28. The molecule has 1 unspecified atom stereocenters. The van der Waals surface area contributed by atoms with Crippen molar-refractivity contribution in [1.82, 2.24) is 0 Å². The van der Waals surface area contributed by atoms with Crippen LogP contribution in [-0.2, 0) is 4.74 Å². The first kappa shape index (κ1) is 4.79. The van der Waals surface area contributed by atoms with Crippen LogP contribution in [0.15, 0.2) is 29.5 Å².